The lowest BCUT2D eigenvalue weighted by atomic mass is 9.76. The van der Waals surface area contributed by atoms with Crippen LogP contribution in [0.1, 0.15) is 53.7 Å². The summed E-state index contributed by atoms with van der Waals surface area (Å²) >= 11 is 0. The van der Waals surface area contributed by atoms with E-state index in [1.165, 1.54) is 24.7 Å². The quantitative estimate of drug-likeness (QED) is 0.695. The van der Waals surface area contributed by atoms with Crippen LogP contribution in [0.15, 0.2) is 36.8 Å². The van der Waals surface area contributed by atoms with E-state index in [0.29, 0.717) is 44.6 Å². The molecule has 11 heteroatoms. The molecule has 1 spiro atoms. The Balaban J connectivity index is 1.39. The molecule has 1 N–H and O–H groups in total. The number of hydrogen-bond donors (Lipinski definition) is 1. The first-order valence-electron chi connectivity index (χ1n) is 11.9. The van der Waals surface area contributed by atoms with Gasteiger partial charge in [-0.3, -0.25) is 9.59 Å². The molecule has 2 aromatic rings. The fraction of sp³-hybridized carbons (Fsp3) is 0.480. The van der Waals surface area contributed by atoms with Gasteiger partial charge in [-0.1, -0.05) is 0 Å². The molecule has 1 aromatic heterocycles. The summed E-state index contributed by atoms with van der Waals surface area (Å²) in [6.45, 7) is 1.33. The van der Waals surface area contributed by atoms with Crippen LogP contribution in [0, 0.1) is 16.7 Å². The highest BCUT2D eigenvalue weighted by Gasteiger charge is 2.49. The Kier molecular flexibility index (Phi) is 6.06. The van der Waals surface area contributed by atoms with Crippen LogP contribution >= 0.6 is 0 Å². The van der Waals surface area contributed by atoms with Gasteiger partial charge in [0.15, 0.2) is 0 Å². The van der Waals surface area contributed by atoms with E-state index in [-0.39, 0.29) is 29.0 Å². The van der Waals surface area contributed by atoms with Crippen molar-refractivity contribution in [2.24, 2.45) is 5.41 Å². The molecule has 2 saturated heterocycles. The molecule has 1 aliphatic carbocycles. The van der Waals surface area contributed by atoms with Gasteiger partial charge in [0.05, 0.1) is 17.2 Å². The number of amides is 2. The SMILES string of the molecule is N#Cc1ccc(N2CC3(CCN(C(=O)c4ccncn4)CC3)CC2C(=O)NC2CC2)cc1C(F)(F)F. The monoisotopic (exact) mass is 498 g/mol. The van der Waals surface area contributed by atoms with Crippen molar-refractivity contribution in [2.75, 3.05) is 24.5 Å². The molecule has 3 heterocycles. The lowest BCUT2D eigenvalue weighted by Crippen LogP contribution is -2.44. The number of nitriles is 1. The van der Waals surface area contributed by atoms with Crippen molar-refractivity contribution in [3.63, 3.8) is 0 Å². The van der Waals surface area contributed by atoms with Gasteiger partial charge < -0.3 is 15.1 Å². The number of aromatic nitrogens is 2. The summed E-state index contributed by atoms with van der Waals surface area (Å²) in [6, 6.07) is 6.30. The third-order valence-electron chi connectivity index (χ3n) is 7.41. The summed E-state index contributed by atoms with van der Waals surface area (Å²) in [7, 11) is 0. The molecule has 1 atom stereocenters. The molecule has 8 nitrogen and oxygen atoms in total. The number of rotatable bonds is 4. The van der Waals surface area contributed by atoms with E-state index in [1.807, 2.05) is 0 Å². The van der Waals surface area contributed by atoms with Gasteiger partial charge in [0.25, 0.3) is 5.91 Å². The second kappa shape index (κ2) is 9.08. The zero-order chi connectivity index (χ0) is 25.5. The molecule has 1 saturated carbocycles. The largest absolute Gasteiger partial charge is 0.417 e. The van der Waals surface area contributed by atoms with E-state index in [2.05, 4.69) is 15.3 Å². The summed E-state index contributed by atoms with van der Waals surface area (Å²) in [5, 5.41) is 12.2. The van der Waals surface area contributed by atoms with Crippen LogP contribution < -0.4 is 10.2 Å². The Morgan fingerprint density at radius 1 is 1.17 bits per heavy atom. The number of likely N-dealkylation sites (tertiary alicyclic amines) is 1. The van der Waals surface area contributed by atoms with Crippen LogP contribution in [-0.4, -0.2) is 58.4 Å². The standard InChI is InChI=1S/C25H25F3N6O2/c26-25(27,28)19-11-18(4-1-16(19)13-29)34-14-24(12-21(34)22(35)32-17-2-3-17)6-9-33(10-7-24)23(36)20-5-8-30-15-31-20/h1,4-5,8,11,15,17,21H,2-3,6-7,9-10,12,14H2,(H,32,35). The number of nitrogens with one attached hydrogen (secondary N) is 1. The molecule has 188 valence electrons. The Morgan fingerprint density at radius 2 is 1.92 bits per heavy atom. The van der Waals surface area contributed by atoms with E-state index < -0.39 is 23.3 Å². The molecule has 36 heavy (non-hydrogen) atoms. The predicted molar refractivity (Wildman–Crippen MR) is 123 cm³/mol. The maximum atomic E-state index is 13.6. The Bertz CT molecular complexity index is 1200. The first-order chi connectivity index (χ1) is 17.2. The third kappa shape index (κ3) is 4.72. The first-order valence-corrected chi connectivity index (χ1v) is 11.9. The molecule has 2 aliphatic heterocycles. The maximum Gasteiger partial charge on any atom is 0.417 e. The summed E-state index contributed by atoms with van der Waals surface area (Å²) in [4.78, 5) is 37.3. The minimum Gasteiger partial charge on any atom is -0.359 e. The Labute approximate surface area is 206 Å². The van der Waals surface area contributed by atoms with Crippen LogP contribution in [0.4, 0.5) is 18.9 Å². The smallest absolute Gasteiger partial charge is 0.359 e. The Morgan fingerprint density at radius 3 is 2.53 bits per heavy atom. The second-order valence-corrected chi connectivity index (χ2v) is 9.86. The fourth-order valence-electron chi connectivity index (χ4n) is 5.26. The normalized spacial score (nSPS) is 21.3. The Hall–Kier alpha value is -3.68. The molecule has 3 fully saturated rings. The summed E-state index contributed by atoms with van der Waals surface area (Å²) in [5.74, 6) is -0.376. The topological polar surface area (TPSA) is 102 Å². The van der Waals surface area contributed by atoms with Gasteiger partial charge in [0, 0.05) is 37.6 Å². The lowest BCUT2D eigenvalue weighted by Gasteiger charge is -2.39. The van der Waals surface area contributed by atoms with Crippen LogP contribution in [0.5, 0.6) is 0 Å². The van der Waals surface area contributed by atoms with Crippen molar-refractivity contribution in [1.82, 2.24) is 20.2 Å². The van der Waals surface area contributed by atoms with E-state index in [9.17, 15) is 22.8 Å². The third-order valence-corrected chi connectivity index (χ3v) is 7.41. The van der Waals surface area contributed by atoms with Gasteiger partial charge in [0.1, 0.15) is 18.1 Å². The number of halogens is 3. The van der Waals surface area contributed by atoms with Crippen molar-refractivity contribution in [3.8, 4) is 6.07 Å². The van der Waals surface area contributed by atoms with Crippen molar-refractivity contribution >= 4 is 17.5 Å². The van der Waals surface area contributed by atoms with Crippen molar-refractivity contribution in [1.29, 1.82) is 5.26 Å². The van der Waals surface area contributed by atoms with Gasteiger partial charge in [-0.05, 0) is 61.8 Å². The van der Waals surface area contributed by atoms with Gasteiger partial charge in [-0.25, -0.2) is 9.97 Å². The molecule has 1 unspecified atom stereocenters. The van der Waals surface area contributed by atoms with Crippen LogP contribution in [-0.2, 0) is 11.0 Å². The highest BCUT2D eigenvalue weighted by atomic mass is 19.4. The number of hydrogen-bond acceptors (Lipinski definition) is 6. The van der Waals surface area contributed by atoms with Crippen molar-refractivity contribution in [2.45, 2.75) is 50.4 Å². The van der Waals surface area contributed by atoms with Gasteiger partial charge >= 0.3 is 6.18 Å². The molecule has 5 rings (SSSR count). The highest BCUT2D eigenvalue weighted by molar-refractivity contribution is 5.92. The van der Waals surface area contributed by atoms with Gasteiger partial charge in [0.2, 0.25) is 5.91 Å². The molecular formula is C25H25F3N6O2. The van der Waals surface area contributed by atoms with Crippen LogP contribution in [0.25, 0.3) is 0 Å². The van der Waals surface area contributed by atoms with Crippen LogP contribution in [0.3, 0.4) is 0 Å². The van der Waals surface area contributed by atoms with Crippen molar-refractivity contribution in [3.05, 3.63) is 53.6 Å². The number of carbonyl (C=O) groups is 2. The molecule has 3 aliphatic rings. The second-order valence-electron chi connectivity index (χ2n) is 9.86. The van der Waals surface area contributed by atoms with Crippen molar-refractivity contribution < 1.29 is 22.8 Å². The summed E-state index contributed by atoms with van der Waals surface area (Å²) in [5.41, 5.74) is -1.19. The van der Waals surface area contributed by atoms with Crippen LogP contribution in [0.2, 0.25) is 0 Å². The number of alkyl halides is 3. The molecular weight excluding hydrogens is 473 g/mol. The summed E-state index contributed by atoms with van der Waals surface area (Å²) < 4.78 is 40.9. The molecule has 1 aromatic carbocycles. The fourth-order valence-corrected chi connectivity index (χ4v) is 5.26. The highest BCUT2D eigenvalue weighted by Crippen LogP contribution is 2.46. The number of nitrogens with zero attached hydrogens (tertiary/aromatic N) is 5. The zero-order valence-corrected chi connectivity index (χ0v) is 19.5. The average Bonchev–Trinajstić information content (AvgIpc) is 3.62. The van der Waals surface area contributed by atoms with Gasteiger partial charge in [-0.2, -0.15) is 18.4 Å². The van der Waals surface area contributed by atoms with Gasteiger partial charge in [-0.15, -0.1) is 0 Å². The predicted octanol–water partition coefficient (Wildman–Crippen LogP) is 3.15. The van der Waals surface area contributed by atoms with E-state index >= 15 is 0 Å². The minimum absolute atomic E-state index is 0.120. The number of benzene rings is 1. The minimum atomic E-state index is -4.68. The number of piperidine rings is 1. The molecule has 2 amide bonds. The van der Waals surface area contributed by atoms with E-state index in [1.54, 1.807) is 21.9 Å². The number of anilines is 1. The van der Waals surface area contributed by atoms with E-state index in [0.717, 1.165) is 18.9 Å². The lowest BCUT2D eigenvalue weighted by molar-refractivity contribution is -0.137. The maximum absolute atomic E-state index is 13.6. The first kappa shape index (κ1) is 24.0. The zero-order valence-electron chi connectivity index (χ0n) is 19.5. The van der Waals surface area contributed by atoms with E-state index in [4.69, 9.17) is 5.26 Å². The molecule has 0 bridgehead atoms. The molecule has 0 radical (unpaired) electrons. The average molecular weight is 499 g/mol. The summed E-state index contributed by atoms with van der Waals surface area (Å²) in [6.07, 6.45) is 1.68. The number of carbonyl (C=O) groups excluding carboxylic acids is 2.